The third-order valence-electron chi connectivity index (χ3n) is 3.35. The molecule has 1 aromatic carbocycles. The van der Waals surface area contributed by atoms with Crippen LogP contribution in [0.25, 0.3) is 0 Å². The van der Waals surface area contributed by atoms with Crippen LogP contribution < -0.4 is 5.32 Å². The summed E-state index contributed by atoms with van der Waals surface area (Å²) in [4.78, 5) is 31.1. The van der Waals surface area contributed by atoms with E-state index in [1.54, 1.807) is 4.90 Å². The van der Waals surface area contributed by atoms with Crippen molar-refractivity contribution in [2.45, 2.75) is 51.4 Å². The molecule has 0 saturated carbocycles. The van der Waals surface area contributed by atoms with Crippen LogP contribution in [-0.4, -0.2) is 39.2 Å². The molecule has 0 bridgehead atoms. The lowest BCUT2D eigenvalue weighted by molar-refractivity contribution is -0.129. The molecule has 130 valence electrons. The van der Waals surface area contributed by atoms with E-state index < -0.39 is 5.25 Å². The molecule has 1 atom stereocenters. The Balaban J connectivity index is 2.05. The number of thioether (sulfide) groups is 1. The maximum Gasteiger partial charge on any atom is 0.242 e. The van der Waals surface area contributed by atoms with Crippen LogP contribution in [0, 0.1) is 0 Å². The van der Waals surface area contributed by atoms with Gasteiger partial charge in [0.2, 0.25) is 11.8 Å². The first-order valence-electron chi connectivity index (χ1n) is 7.91. The average Bonchev–Trinajstić information content (AvgIpc) is 2.76. The Labute approximate surface area is 155 Å². The molecule has 1 unspecified atom stereocenters. The van der Waals surface area contributed by atoms with Crippen molar-refractivity contribution in [3.63, 3.8) is 0 Å². The van der Waals surface area contributed by atoms with Gasteiger partial charge in [-0.25, -0.2) is 0 Å². The number of benzene rings is 1. The van der Waals surface area contributed by atoms with Crippen molar-refractivity contribution in [3.05, 3.63) is 28.7 Å². The van der Waals surface area contributed by atoms with Crippen molar-refractivity contribution < 1.29 is 9.59 Å². The zero-order valence-electron chi connectivity index (χ0n) is 14.2. The molecule has 0 radical (unpaired) electrons. The zero-order chi connectivity index (χ0) is 17.9. The molecule has 1 fully saturated rings. The highest BCUT2D eigenvalue weighted by Crippen LogP contribution is 2.31. The lowest BCUT2D eigenvalue weighted by Crippen LogP contribution is -2.38. The Morgan fingerprint density at radius 3 is 2.46 bits per heavy atom. The Hall–Kier alpha value is -1.34. The number of carbonyl (C=O) groups is 2. The van der Waals surface area contributed by atoms with Gasteiger partial charge in [0.05, 0.1) is 0 Å². The van der Waals surface area contributed by atoms with Crippen molar-refractivity contribution in [1.29, 1.82) is 0 Å². The molecule has 1 saturated heterocycles. The maximum absolute atomic E-state index is 12.6. The summed E-state index contributed by atoms with van der Waals surface area (Å²) in [6, 6.07) is 7.49. The molecule has 24 heavy (non-hydrogen) atoms. The van der Waals surface area contributed by atoms with Gasteiger partial charge in [0.15, 0.2) is 5.17 Å². The van der Waals surface area contributed by atoms with Crippen molar-refractivity contribution in [2.75, 3.05) is 5.32 Å². The van der Waals surface area contributed by atoms with E-state index in [0.717, 1.165) is 10.2 Å². The minimum atomic E-state index is -0.416. The fourth-order valence-corrected chi connectivity index (χ4v) is 3.97. The minimum Gasteiger partial charge on any atom is -0.326 e. The predicted octanol–water partition coefficient (Wildman–Crippen LogP) is 3.89. The highest BCUT2D eigenvalue weighted by atomic mass is 79.9. The molecule has 0 spiro atoms. The Morgan fingerprint density at radius 1 is 1.29 bits per heavy atom. The fraction of sp³-hybridized carbons (Fsp3) is 0.471. The number of rotatable bonds is 5. The molecule has 0 aliphatic carbocycles. The first-order chi connectivity index (χ1) is 11.3. The molecule has 2 amide bonds. The predicted molar refractivity (Wildman–Crippen MR) is 103 cm³/mol. The molecule has 1 aliphatic rings. The second-order valence-corrected chi connectivity index (χ2v) is 8.26. The summed E-state index contributed by atoms with van der Waals surface area (Å²) in [5.41, 5.74) is 0.718. The molecule has 5 nitrogen and oxygen atoms in total. The fourth-order valence-electron chi connectivity index (χ4n) is 2.32. The Kier molecular flexibility index (Phi) is 6.46. The van der Waals surface area contributed by atoms with Gasteiger partial charge in [-0.05, 0) is 52.0 Å². The number of anilines is 1. The smallest absolute Gasteiger partial charge is 0.242 e. The number of nitrogens with zero attached hydrogens (tertiary/aromatic N) is 2. The van der Waals surface area contributed by atoms with E-state index in [1.165, 1.54) is 11.8 Å². The Morgan fingerprint density at radius 2 is 1.92 bits per heavy atom. The quantitative estimate of drug-likeness (QED) is 0.798. The third kappa shape index (κ3) is 4.83. The topological polar surface area (TPSA) is 61.8 Å². The number of halogens is 1. The summed E-state index contributed by atoms with van der Waals surface area (Å²) >= 11 is 4.74. The summed E-state index contributed by atoms with van der Waals surface area (Å²) in [7, 11) is 0. The van der Waals surface area contributed by atoms with Crippen LogP contribution in [0.5, 0.6) is 0 Å². The summed E-state index contributed by atoms with van der Waals surface area (Å²) in [5.74, 6) is -0.210. The van der Waals surface area contributed by atoms with Crippen molar-refractivity contribution in [1.82, 2.24) is 4.90 Å². The van der Waals surface area contributed by atoms with Crippen LogP contribution >= 0.6 is 27.7 Å². The molecule has 1 N–H and O–H groups in total. The van der Waals surface area contributed by atoms with Gasteiger partial charge in [-0.3, -0.25) is 19.5 Å². The SMILES string of the molecule is CC(C)N=C1SC(CC(=O)Nc2ccc(Br)cc2)C(=O)N1C(C)C. The summed E-state index contributed by atoms with van der Waals surface area (Å²) in [6.07, 6.45) is 0.139. The maximum atomic E-state index is 12.6. The summed E-state index contributed by atoms with van der Waals surface area (Å²) in [5, 5.41) is 3.13. The number of hydrogen-bond acceptors (Lipinski definition) is 4. The number of hydrogen-bond donors (Lipinski definition) is 1. The van der Waals surface area contributed by atoms with E-state index in [0.29, 0.717) is 5.17 Å². The highest BCUT2D eigenvalue weighted by Gasteiger charge is 2.40. The zero-order valence-corrected chi connectivity index (χ0v) is 16.6. The van der Waals surface area contributed by atoms with Gasteiger partial charge in [-0.1, -0.05) is 27.7 Å². The van der Waals surface area contributed by atoms with E-state index in [1.807, 2.05) is 52.0 Å². The van der Waals surface area contributed by atoms with Crippen molar-refractivity contribution in [2.24, 2.45) is 4.99 Å². The molecular formula is C17H22BrN3O2S. The number of amides is 2. The summed E-state index contributed by atoms with van der Waals surface area (Å²) in [6.45, 7) is 7.87. The van der Waals surface area contributed by atoms with Gasteiger partial charge < -0.3 is 5.32 Å². The second-order valence-electron chi connectivity index (χ2n) is 6.17. The van der Waals surface area contributed by atoms with E-state index in [-0.39, 0.29) is 30.3 Å². The van der Waals surface area contributed by atoms with Gasteiger partial charge in [0, 0.05) is 28.7 Å². The van der Waals surface area contributed by atoms with E-state index >= 15 is 0 Å². The molecule has 7 heteroatoms. The second kappa shape index (κ2) is 8.16. The third-order valence-corrected chi connectivity index (χ3v) is 5.04. The lowest BCUT2D eigenvalue weighted by Gasteiger charge is -2.21. The van der Waals surface area contributed by atoms with Crippen LogP contribution in [-0.2, 0) is 9.59 Å². The normalized spacial score (nSPS) is 19.6. The van der Waals surface area contributed by atoms with E-state index in [2.05, 4.69) is 26.2 Å². The van der Waals surface area contributed by atoms with Crippen LogP contribution in [0.4, 0.5) is 5.69 Å². The molecule has 2 rings (SSSR count). The van der Waals surface area contributed by atoms with Gasteiger partial charge in [0.1, 0.15) is 5.25 Å². The van der Waals surface area contributed by atoms with E-state index in [4.69, 9.17) is 0 Å². The first-order valence-corrected chi connectivity index (χ1v) is 9.58. The number of amidine groups is 1. The average molecular weight is 412 g/mol. The van der Waals surface area contributed by atoms with Crippen LogP contribution in [0.15, 0.2) is 33.7 Å². The standard InChI is InChI=1S/C17H22BrN3O2S/c1-10(2)19-17-21(11(3)4)16(23)14(24-17)9-15(22)20-13-7-5-12(18)6-8-13/h5-8,10-11,14H,9H2,1-4H3,(H,20,22). The van der Waals surface area contributed by atoms with Gasteiger partial charge in [0.25, 0.3) is 0 Å². The number of aliphatic imine (C=N–C) groups is 1. The monoisotopic (exact) mass is 411 g/mol. The van der Waals surface area contributed by atoms with E-state index in [9.17, 15) is 9.59 Å². The molecule has 0 aromatic heterocycles. The van der Waals surface area contributed by atoms with Crippen molar-refractivity contribution >= 4 is 50.4 Å². The van der Waals surface area contributed by atoms with Gasteiger partial charge in [-0.2, -0.15) is 0 Å². The molecule has 1 heterocycles. The molecule has 1 aromatic rings. The number of carbonyl (C=O) groups excluding carboxylic acids is 2. The van der Waals surface area contributed by atoms with Crippen LogP contribution in [0.3, 0.4) is 0 Å². The van der Waals surface area contributed by atoms with Crippen molar-refractivity contribution in [3.8, 4) is 0 Å². The molecule has 1 aliphatic heterocycles. The highest BCUT2D eigenvalue weighted by molar-refractivity contribution is 9.10. The summed E-state index contributed by atoms with van der Waals surface area (Å²) < 4.78 is 0.948. The Bertz CT molecular complexity index is 644. The van der Waals surface area contributed by atoms with Gasteiger partial charge in [-0.15, -0.1) is 0 Å². The minimum absolute atomic E-state index is 0.0297. The lowest BCUT2D eigenvalue weighted by atomic mass is 10.2. The first kappa shape index (κ1) is 19.0. The largest absolute Gasteiger partial charge is 0.326 e. The number of nitrogens with one attached hydrogen (secondary N) is 1. The van der Waals surface area contributed by atoms with Gasteiger partial charge >= 0.3 is 0 Å². The van der Waals surface area contributed by atoms with Crippen LogP contribution in [0.1, 0.15) is 34.1 Å². The molecular weight excluding hydrogens is 390 g/mol. The van der Waals surface area contributed by atoms with Crippen LogP contribution in [0.2, 0.25) is 0 Å².